The third kappa shape index (κ3) is 3.76. The first kappa shape index (κ1) is 20.3. The predicted octanol–water partition coefficient (Wildman–Crippen LogP) is 3.43. The van der Waals surface area contributed by atoms with Gasteiger partial charge < -0.3 is 14.2 Å². The lowest BCUT2D eigenvalue weighted by atomic mass is 9.97. The van der Waals surface area contributed by atoms with Gasteiger partial charge in [0.05, 0.1) is 29.4 Å². The number of hydrogen-bond donors (Lipinski definition) is 1. The highest BCUT2D eigenvalue weighted by Crippen LogP contribution is 2.41. The molecule has 0 bridgehead atoms. The second kappa shape index (κ2) is 7.85. The predicted molar refractivity (Wildman–Crippen MR) is 120 cm³/mol. The summed E-state index contributed by atoms with van der Waals surface area (Å²) in [7, 11) is -2.15. The van der Waals surface area contributed by atoms with Gasteiger partial charge in [0.1, 0.15) is 5.75 Å². The molecule has 0 spiro atoms. The van der Waals surface area contributed by atoms with Crippen LogP contribution in [0.1, 0.15) is 23.6 Å². The van der Waals surface area contributed by atoms with Crippen molar-refractivity contribution in [1.29, 1.82) is 0 Å². The van der Waals surface area contributed by atoms with Gasteiger partial charge in [0.15, 0.2) is 11.5 Å². The number of nitrogens with two attached hydrogens (primary N) is 1. The highest BCUT2D eigenvalue weighted by atomic mass is 32.2. The molecule has 0 amide bonds. The molecule has 0 saturated heterocycles. The number of nitrogens with zero attached hydrogens (tertiary/aromatic N) is 2. The van der Waals surface area contributed by atoms with Crippen LogP contribution >= 0.6 is 0 Å². The maximum absolute atomic E-state index is 11.7. The van der Waals surface area contributed by atoms with Crippen molar-refractivity contribution in [3.8, 4) is 17.2 Å². The van der Waals surface area contributed by atoms with Crippen molar-refractivity contribution in [2.24, 2.45) is 10.2 Å². The van der Waals surface area contributed by atoms with Crippen LogP contribution in [0.15, 0.2) is 76.7 Å². The van der Waals surface area contributed by atoms with Gasteiger partial charge in [0.2, 0.25) is 16.8 Å². The van der Waals surface area contributed by atoms with Crippen molar-refractivity contribution < 1.29 is 22.6 Å². The number of primary sulfonamides is 1. The number of hydrazone groups is 1. The van der Waals surface area contributed by atoms with Crippen molar-refractivity contribution in [2.75, 3.05) is 18.9 Å². The summed E-state index contributed by atoms with van der Waals surface area (Å²) in [6, 6.07) is 19.9. The van der Waals surface area contributed by atoms with E-state index in [-0.39, 0.29) is 17.7 Å². The Morgan fingerprint density at radius 1 is 1.03 bits per heavy atom. The molecule has 1 unspecified atom stereocenters. The Hall–Kier alpha value is -3.56. The van der Waals surface area contributed by atoms with E-state index in [9.17, 15) is 8.42 Å². The van der Waals surface area contributed by atoms with Gasteiger partial charge >= 0.3 is 0 Å². The second-order valence-corrected chi connectivity index (χ2v) is 9.06. The van der Waals surface area contributed by atoms with Crippen molar-refractivity contribution >= 4 is 21.4 Å². The van der Waals surface area contributed by atoms with Gasteiger partial charge in [-0.1, -0.05) is 18.2 Å². The van der Waals surface area contributed by atoms with E-state index in [0.29, 0.717) is 17.9 Å². The Bertz CT molecular complexity index is 1310. The summed E-state index contributed by atoms with van der Waals surface area (Å²) in [6.45, 7) is 0.202. The number of rotatable bonds is 5. The lowest BCUT2D eigenvalue weighted by molar-refractivity contribution is 0.174. The molecule has 32 heavy (non-hydrogen) atoms. The Labute approximate surface area is 185 Å². The minimum Gasteiger partial charge on any atom is -0.497 e. The molecule has 3 aromatic carbocycles. The Morgan fingerprint density at radius 3 is 2.56 bits per heavy atom. The van der Waals surface area contributed by atoms with Crippen LogP contribution in [0.5, 0.6) is 17.2 Å². The molecule has 0 radical (unpaired) electrons. The SMILES string of the molecule is COc1cccc(C2=NN(c3ccc(S(N)(=O)=O)cc3)C(c3ccc4c(c3)OCO4)C2)c1. The maximum Gasteiger partial charge on any atom is 0.238 e. The molecule has 0 saturated carbocycles. The molecule has 8 nitrogen and oxygen atoms in total. The summed E-state index contributed by atoms with van der Waals surface area (Å²) >= 11 is 0. The van der Waals surface area contributed by atoms with Crippen LogP contribution in [0.25, 0.3) is 0 Å². The Morgan fingerprint density at radius 2 is 1.81 bits per heavy atom. The molecule has 164 valence electrons. The van der Waals surface area contributed by atoms with Crippen LogP contribution in [0, 0.1) is 0 Å². The van der Waals surface area contributed by atoms with Crippen LogP contribution in [0.4, 0.5) is 5.69 Å². The molecule has 0 aromatic heterocycles. The quantitative estimate of drug-likeness (QED) is 0.638. The summed E-state index contributed by atoms with van der Waals surface area (Å²) in [5.74, 6) is 2.16. The molecule has 5 rings (SSSR count). The average Bonchev–Trinajstić information content (AvgIpc) is 3.45. The third-order valence-electron chi connectivity index (χ3n) is 5.52. The zero-order valence-electron chi connectivity index (χ0n) is 17.3. The number of benzene rings is 3. The van der Waals surface area contributed by atoms with Gasteiger partial charge in [-0.2, -0.15) is 5.10 Å². The Balaban J connectivity index is 1.55. The largest absolute Gasteiger partial charge is 0.497 e. The fourth-order valence-electron chi connectivity index (χ4n) is 3.89. The van der Waals surface area contributed by atoms with E-state index in [0.717, 1.165) is 28.3 Å². The van der Waals surface area contributed by atoms with Crippen LogP contribution in [-0.4, -0.2) is 28.0 Å². The van der Waals surface area contributed by atoms with Crippen LogP contribution in [0.2, 0.25) is 0 Å². The summed E-state index contributed by atoms with van der Waals surface area (Å²) in [5.41, 5.74) is 3.60. The first-order chi connectivity index (χ1) is 15.4. The monoisotopic (exact) mass is 451 g/mol. The number of fused-ring (bicyclic) bond motifs is 1. The fourth-order valence-corrected chi connectivity index (χ4v) is 4.41. The van der Waals surface area contributed by atoms with Crippen molar-refractivity contribution in [1.82, 2.24) is 0 Å². The number of hydrogen-bond acceptors (Lipinski definition) is 7. The van der Waals surface area contributed by atoms with Gasteiger partial charge in [-0.15, -0.1) is 0 Å². The molecule has 2 heterocycles. The van der Waals surface area contributed by atoms with E-state index >= 15 is 0 Å². The van der Waals surface area contributed by atoms with E-state index in [2.05, 4.69) is 0 Å². The standard InChI is InChI=1S/C23H21N3O5S/c1-29-18-4-2-3-15(11-18)20-13-21(16-5-10-22-23(12-16)31-14-30-22)26(25-20)17-6-8-19(9-7-17)32(24,27)28/h2-12,21H,13-14H2,1H3,(H2,24,27,28). The van der Waals surface area contributed by atoms with E-state index in [1.807, 2.05) is 47.5 Å². The van der Waals surface area contributed by atoms with Crippen LogP contribution < -0.4 is 24.4 Å². The highest BCUT2D eigenvalue weighted by molar-refractivity contribution is 7.89. The molecule has 2 aliphatic rings. The van der Waals surface area contributed by atoms with E-state index in [1.54, 1.807) is 19.2 Å². The lowest BCUT2D eigenvalue weighted by Crippen LogP contribution is -2.19. The summed E-state index contributed by atoms with van der Waals surface area (Å²) < 4.78 is 39.7. The molecule has 2 N–H and O–H groups in total. The van der Waals surface area contributed by atoms with Crippen LogP contribution in [-0.2, 0) is 10.0 Å². The Kier molecular flexibility index (Phi) is 4.99. The maximum atomic E-state index is 11.7. The number of ether oxygens (including phenoxy) is 3. The number of sulfonamides is 1. The normalized spacial score (nSPS) is 17.4. The molecular formula is C23H21N3O5S. The van der Waals surface area contributed by atoms with Crippen molar-refractivity contribution in [2.45, 2.75) is 17.4 Å². The first-order valence-corrected chi connectivity index (χ1v) is 11.5. The van der Waals surface area contributed by atoms with E-state index < -0.39 is 10.0 Å². The molecule has 1 atom stereocenters. The molecule has 9 heteroatoms. The molecule has 0 aliphatic carbocycles. The summed E-state index contributed by atoms with van der Waals surface area (Å²) in [6.07, 6.45) is 0.643. The molecule has 0 fully saturated rings. The molecule has 2 aliphatic heterocycles. The zero-order valence-corrected chi connectivity index (χ0v) is 18.1. The van der Waals surface area contributed by atoms with Crippen molar-refractivity contribution in [3.05, 3.63) is 77.9 Å². The van der Waals surface area contributed by atoms with E-state index in [1.165, 1.54) is 12.1 Å². The highest BCUT2D eigenvalue weighted by Gasteiger charge is 2.31. The fraction of sp³-hybridized carbons (Fsp3) is 0.174. The minimum atomic E-state index is -3.78. The average molecular weight is 452 g/mol. The van der Waals surface area contributed by atoms with Gasteiger partial charge in [-0.05, 0) is 54.1 Å². The number of methoxy groups -OCH3 is 1. The molecular weight excluding hydrogens is 430 g/mol. The molecule has 3 aromatic rings. The number of anilines is 1. The van der Waals surface area contributed by atoms with Gasteiger partial charge in [0, 0.05) is 12.0 Å². The van der Waals surface area contributed by atoms with E-state index in [4.69, 9.17) is 24.5 Å². The zero-order chi connectivity index (χ0) is 22.3. The topological polar surface area (TPSA) is 103 Å². The van der Waals surface area contributed by atoms with Gasteiger partial charge in [-0.3, -0.25) is 5.01 Å². The van der Waals surface area contributed by atoms with Crippen LogP contribution in [0.3, 0.4) is 0 Å². The summed E-state index contributed by atoms with van der Waals surface area (Å²) in [5, 5.41) is 12.0. The summed E-state index contributed by atoms with van der Waals surface area (Å²) in [4.78, 5) is 0.0528. The second-order valence-electron chi connectivity index (χ2n) is 7.49. The lowest BCUT2D eigenvalue weighted by Gasteiger charge is -2.24. The minimum absolute atomic E-state index is 0.0528. The third-order valence-corrected chi connectivity index (χ3v) is 6.45. The smallest absolute Gasteiger partial charge is 0.238 e. The first-order valence-electron chi connectivity index (χ1n) is 9.96. The van der Waals surface area contributed by atoms with Gasteiger partial charge in [-0.25, -0.2) is 13.6 Å². The van der Waals surface area contributed by atoms with Crippen molar-refractivity contribution in [3.63, 3.8) is 0 Å². The van der Waals surface area contributed by atoms with Gasteiger partial charge in [0.25, 0.3) is 0 Å².